The predicted octanol–water partition coefficient (Wildman–Crippen LogP) is 5.39. The van der Waals surface area contributed by atoms with Crippen molar-refractivity contribution in [1.82, 2.24) is 0 Å². The quantitative estimate of drug-likeness (QED) is 0.249. The number of aliphatic hydroxyl groups is 1. The zero-order valence-electron chi connectivity index (χ0n) is 19.5. The van der Waals surface area contributed by atoms with Gasteiger partial charge in [-0.2, -0.15) is 10.5 Å². The Hall–Kier alpha value is -4.15. The van der Waals surface area contributed by atoms with E-state index in [-0.39, 0.29) is 29.1 Å². The van der Waals surface area contributed by atoms with Crippen molar-refractivity contribution in [3.63, 3.8) is 0 Å². The van der Waals surface area contributed by atoms with E-state index in [1.807, 2.05) is 6.07 Å². The molecule has 0 aromatic heterocycles. The second-order valence-corrected chi connectivity index (χ2v) is 8.12. The third-order valence-corrected chi connectivity index (χ3v) is 5.84. The highest BCUT2D eigenvalue weighted by molar-refractivity contribution is 5.65. The van der Waals surface area contributed by atoms with E-state index >= 15 is 0 Å². The number of nitrogens with zero attached hydrogens (tertiary/aromatic N) is 3. The van der Waals surface area contributed by atoms with Gasteiger partial charge in [-0.05, 0) is 31.5 Å². The van der Waals surface area contributed by atoms with Gasteiger partial charge >= 0.3 is 0 Å². The normalized spacial score (nSPS) is 18.8. The number of halogens is 5. The van der Waals surface area contributed by atoms with Crippen molar-refractivity contribution in [3.05, 3.63) is 93.0 Å². The molecular formula is C26H20F5N3O2. The standard InChI is InChI=1S/C26H20F5N3O2/c1-14(12-32)25-17(13-33)18(9-6-15-4-7-16(8-5-15)34(3)10-11-35)26(2,36-25)19-20(27)22(29)24(31)23(30)21(19)28/h4-9,35H,10-11H2,1-3H3/b9-6+,25-14-. The predicted molar refractivity (Wildman–Crippen MR) is 121 cm³/mol. The lowest BCUT2D eigenvalue weighted by Gasteiger charge is -2.28. The first-order valence-electron chi connectivity index (χ1n) is 10.6. The van der Waals surface area contributed by atoms with Gasteiger partial charge in [0.2, 0.25) is 5.82 Å². The molecule has 0 aliphatic carbocycles. The van der Waals surface area contributed by atoms with Crippen LogP contribution in [0.5, 0.6) is 0 Å². The summed E-state index contributed by atoms with van der Waals surface area (Å²) in [7, 11) is 1.78. The number of likely N-dealkylation sites (N-methyl/N-ethyl adjacent to an activating group) is 1. The van der Waals surface area contributed by atoms with E-state index in [1.54, 1.807) is 42.3 Å². The van der Waals surface area contributed by atoms with Crippen molar-refractivity contribution >= 4 is 11.8 Å². The van der Waals surface area contributed by atoms with Gasteiger partial charge in [0.25, 0.3) is 0 Å². The minimum Gasteiger partial charge on any atom is -0.475 e. The van der Waals surface area contributed by atoms with Crippen LogP contribution in [0.4, 0.5) is 27.6 Å². The van der Waals surface area contributed by atoms with Crippen LogP contribution in [-0.4, -0.2) is 25.3 Å². The molecule has 2 aromatic carbocycles. The molecule has 1 heterocycles. The molecule has 3 rings (SSSR count). The van der Waals surface area contributed by atoms with Crippen molar-refractivity contribution in [2.75, 3.05) is 25.1 Å². The van der Waals surface area contributed by atoms with Crippen LogP contribution in [-0.2, 0) is 10.3 Å². The van der Waals surface area contributed by atoms with E-state index in [1.165, 1.54) is 19.1 Å². The number of rotatable bonds is 6. The molecule has 1 aliphatic rings. The summed E-state index contributed by atoms with van der Waals surface area (Å²) in [6, 6.07) is 10.5. The van der Waals surface area contributed by atoms with Crippen LogP contribution in [0.3, 0.4) is 0 Å². The summed E-state index contributed by atoms with van der Waals surface area (Å²) in [5.74, 6) is -11.2. The Labute approximate surface area is 204 Å². The first kappa shape index (κ1) is 26.5. The lowest BCUT2D eigenvalue weighted by atomic mass is 9.85. The van der Waals surface area contributed by atoms with Crippen LogP contribution < -0.4 is 4.90 Å². The van der Waals surface area contributed by atoms with E-state index in [2.05, 4.69) is 0 Å². The van der Waals surface area contributed by atoms with Gasteiger partial charge in [-0.1, -0.05) is 24.3 Å². The molecule has 36 heavy (non-hydrogen) atoms. The third-order valence-electron chi connectivity index (χ3n) is 5.84. The second-order valence-electron chi connectivity index (χ2n) is 8.12. The maximum atomic E-state index is 14.8. The number of allylic oxidation sites excluding steroid dienone is 2. The Morgan fingerprint density at radius 2 is 1.56 bits per heavy atom. The molecule has 0 amide bonds. The average molecular weight is 501 g/mol. The molecule has 10 heteroatoms. The van der Waals surface area contributed by atoms with Crippen LogP contribution in [0.25, 0.3) is 6.08 Å². The van der Waals surface area contributed by atoms with Gasteiger partial charge in [0, 0.05) is 24.9 Å². The maximum absolute atomic E-state index is 14.8. The monoisotopic (exact) mass is 501 g/mol. The maximum Gasteiger partial charge on any atom is 0.200 e. The number of aliphatic hydroxyl groups excluding tert-OH is 1. The van der Waals surface area contributed by atoms with Gasteiger partial charge < -0.3 is 14.7 Å². The van der Waals surface area contributed by atoms with Crippen molar-refractivity contribution < 1.29 is 31.8 Å². The lowest BCUT2D eigenvalue weighted by Crippen LogP contribution is -2.28. The van der Waals surface area contributed by atoms with Gasteiger partial charge in [0.1, 0.15) is 11.6 Å². The third kappa shape index (κ3) is 4.43. The summed E-state index contributed by atoms with van der Waals surface area (Å²) in [6.45, 7) is 2.71. The van der Waals surface area contributed by atoms with Gasteiger partial charge in [-0.3, -0.25) is 0 Å². The van der Waals surface area contributed by atoms with Crippen molar-refractivity contribution in [2.24, 2.45) is 0 Å². The number of nitriles is 2. The summed E-state index contributed by atoms with van der Waals surface area (Å²) in [5, 5.41) is 28.2. The van der Waals surface area contributed by atoms with Gasteiger partial charge in [0.05, 0.1) is 23.8 Å². The second kappa shape index (κ2) is 10.2. The number of hydrogen-bond donors (Lipinski definition) is 1. The zero-order chi connectivity index (χ0) is 26.8. The fourth-order valence-corrected chi connectivity index (χ4v) is 3.85. The van der Waals surface area contributed by atoms with E-state index in [0.29, 0.717) is 12.1 Å². The summed E-state index contributed by atoms with van der Waals surface area (Å²) in [4.78, 5) is 1.80. The van der Waals surface area contributed by atoms with Crippen LogP contribution in [0.15, 0.2) is 52.8 Å². The van der Waals surface area contributed by atoms with E-state index in [9.17, 15) is 32.5 Å². The molecule has 2 aromatic rings. The Kier molecular flexibility index (Phi) is 7.51. The molecule has 0 saturated heterocycles. The highest BCUT2D eigenvalue weighted by Crippen LogP contribution is 2.49. The van der Waals surface area contributed by atoms with Crippen molar-refractivity contribution in [2.45, 2.75) is 19.4 Å². The highest BCUT2D eigenvalue weighted by atomic mass is 19.2. The number of benzene rings is 2. The molecule has 5 nitrogen and oxygen atoms in total. The van der Waals surface area contributed by atoms with E-state index in [4.69, 9.17) is 9.84 Å². The van der Waals surface area contributed by atoms with Crippen LogP contribution in [0, 0.1) is 51.7 Å². The Morgan fingerprint density at radius 3 is 2.06 bits per heavy atom. The van der Waals surface area contributed by atoms with Crippen molar-refractivity contribution in [3.8, 4) is 12.1 Å². The molecule has 0 fully saturated rings. The molecule has 0 spiro atoms. The first-order valence-corrected chi connectivity index (χ1v) is 10.6. The Balaban J connectivity index is 2.21. The summed E-state index contributed by atoms with van der Waals surface area (Å²) < 4.78 is 77.1. The zero-order valence-corrected chi connectivity index (χ0v) is 19.5. The SMILES string of the molecule is C/C(C#N)=C1/OC(C)(c2c(F)c(F)c(F)c(F)c2F)C(/C=C/c2ccc(N(C)CCO)cc2)=C1C#N. The Bertz CT molecular complexity index is 1360. The minimum atomic E-state index is -2.33. The summed E-state index contributed by atoms with van der Waals surface area (Å²) >= 11 is 0. The van der Waals surface area contributed by atoms with Crippen LogP contribution >= 0.6 is 0 Å². The number of ether oxygens (including phenoxy) is 1. The minimum absolute atomic E-state index is 0.0442. The molecule has 1 aliphatic heterocycles. The highest BCUT2D eigenvalue weighted by Gasteiger charge is 2.48. The average Bonchev–Trinajstić information content (AvgIpc) is 3.16. The van der Waals surface area contributed by atoms with Crippen molar-refractivity contribution in [1.29, 1.82) is 10.5 Å². The first-order chi connectivity index (χ1) is 17.0. The van der Waals surface area contributed by atoms with Gasteiger partial charge in [-0.15, -0.1) is 0 Å². The van der Waals surface area contributed by atoms with Crippen LogP contribution in [0.1, 0.15) is 25.0 Å². The number of hydrogen-bond acceptors (Lipinski definition) is 5. The molecule has 1 unspecified atom stereocenters. The van der Waals surface area contributed by atoms with Gasteiger partial charge in [0.15, 0.2) is 34.6 Å². The smallest absolute Gasteiger partial charge is 0.200 e. The molecule has 1 atom stereocenters. The topological polar surface area (TPSA) is 80.3 Å². The van der Waals surface area contributed by atoms with Gasteiger partial charge in [-0.25, -0.2) is 22.0 Å². The van der Waals surface area contributed by atoms with Crippen LogP contribution in [0.2, 0.25) is 0 Å². The molecule has 0 bridgehead atoms. The molecule has 1 N–H and O–H groups in total. The van der Waals surface area contributed by atoms with E-state index in [0.717, 1.165) is 12.6 Å². The molecule has 0 radical (unpaired) electrons. The Morgan fingerprint density at radius 1 is 1.00 bits per heavy atom. The largest absolute Gasteiger partial charge is 0.475 e. The lowest BCUT2D eigenvalue weighted by molar-refractivity contribution is 0.0655. The molecule has 186 valence electrons. The fourth-order valence-electron chi connectivity index (χ4n) is 3.85. The van der Waals surface area contributed by atoms with E-state index < -0.39 is 40.3 Å². The number of anilines is 1. The molecular weight excluding hydrogens is 481 g/mol. The summed E-state index contributed by atoms with van der Waals surface area (Å²) in [6.07, 6.45) is 2.75. The fraction of sp³-hybridized carbons (Fsp3) is 0.231. The summed E-state index contributed by atoms with van der Waals surface area (Å²) in [5.41, 5.74) is -2.83. The molecule has 0 saturated carbocycles.